The Morgan fingerprint density at radius 2 is 2.47 bits per heavy atom. The lowest BCUT2D eigenvalue weighted by atomic mass is 9.99. The van der Waals surface area contributed by atoms with Crippen molar-refractivity contribution in [3.05, 3.63) is 18.2 Å². The summed E-state index contributed by atoms with van der Waals surface area (Å²) in [6, 6.07) is 0.548. The molecule has 0 bridgehead atoms. The molecule has 4 nitrogen and oxygen atoms in total. The molecule has 0 amide bonds. The van der Waals surface area contributed by atoms with Crippen LogP contribution in [-0.2, 0) is 6.54 Å². The maximum Gasteiger partial charge on any atom is 0.0922 e. The van der Waals surface area contributed by atoms with Crippen molar-refractivity contribution in [2.24, 2.45) is 0 Å². The Morgan fingerprint density at radius 1 is 1.53 bits per heavy atom. The van der Waals surface area contributed by atoms with E-state index in [0.717, 1.165) is 19.5 Å². The second-order valence-corrected chi connectivity index (χ2v) is 4.21. The minimum Gasteiger partial charge on any atom is -0.396 e. The zero-order valence-corrected chi connectivity index (χ0v) is 9.02. The highest BCUT2D eigenvalue weighted by molar-refractivity contribution is 4.95. The van der Waals surface area contributed by atoms with Gasteiger partial charge in [0, 0.05) is 31.1 Å². The molecule has 84 valence electrons. The molecule has 1 atom stereocenters. The van der Waals surface area contributed by atoms with Crippen LogP contribution >= 0.6 is 0 Å². The smallest absolute Gasteiger partial charge is 0.0922 e. The quantitative estimate of drug-likeness (QED) is 0.782. The number of piperidine rings is 1. The number of rotatable bonds is 4. The molecule has 1 aliphatic heterocycles. The largest absolute Gasteiger partial charge is 0.396 e. The first-order valence-electron chi connectivity index (χ1n) is 5.72. The molecule has 0 radical (unpaired) electrons. The molecule has 2 N–H and O–H groups in total. The van der Waals surface area contributed by atoms with E-state index >= 15 is 0 Å². The maximum absolute atomic E-state index is 9.02. The number of nitrogens with one attached hydrogen (secondary N) is 1. The predicted octanol–water partition coefficient (Wildman–Crippen LogP) is 1.15. The van der Waals surface area contributed by atoms with Gasteiger partial charge in [-0.25, -0.2) is 4.98 Å². The third kappa shape index (κ3) is 2.79. The number of aliphatic hydroxyl groups is 1. The standard InChI is InChI=1S/C11H19N3O/c15-6-4-11-3-1-2-5-14(11)8-10-7-12-9-13-10/h7,9,11,15H,1-6,8H2,(H,12,13). The van der Waals surface area contributed by atoms with E-state index in [4.69, 9.17) is 5.11 Å². The van der Waals surface area contributed by atoms with Crippen molar-refractivity contribution in [3.63, 3.8) is 0 Å². The number of nitrogens with zero attached hydrogens (tertiary/aromatic N) is 2. The van der Waals surface area contributed by atoms with E-state index in [1.807, 2.05) is 6.20 Å². The van der Waals surface area contributed by atoms with Crippen LogP contribution in [0.15, 0.2) is 12.5 Å². The predicted molar refractivity (Wildman–Crippen MR) is 58.3 cm³/mol. The summed E-state index contributed by atoms with van der Waals surface area (Å²) in [6.45, 7) is 2.37. The van der Waals surface area contributed by atoms with Crippen LogP contribution in [0.1, 0.15) is 31.4 Å². The molecule has 2 heterocycles. The highest BCUT2D eigenvalue weighted by Gasteiger charge is 2.21. The van der Waals surface area contributed by atoms with Crippen LogP contribution in [0.4, 0.5) is 0 Å². The average molecular weight is 209 g/mol. The van der Waals surface area contributed by atoms with Crippen LogP contribution in [0.2, 0.25) is 0 Å². The minimum atomic E-state index is 0.296. The molecule has 15 heavy (non-hydrogen) atoms. The fraction of sp³-hybridized carbons (Fsp3) is 0.727. The van der Waals surface area contributed by atoms with E-state index in [9.17, 15) is 0 Å². The van der Waals surface area contributed by atoms with E-state index < -0.39 is 0 Å². The normalized spacial score (nSPS) is 23.1. The van der Waals surface area contributed by atoms with Gasteiger partial charge < -0.3 is 10.1 Å². The summed E-state index contributed by atoms with van der Waals surface area (Å²) < 4.78 is 0. The lowest BCUT2D eigenvalue weighted by Gasteiger charge is -2.35. The summed E-state index contributed by atoms with van der Waals surface area (Å²) in [5, 5.41) is 9.02. The van der Waals surface area contributed by atoms with Crippen molar-refractivity contribution < 1.29 is 5.11 Å². The highest BCUT2D eigenvalue weighted by atomic mass is 16.3. The van der Waals surface area contributed by atoms with E-state index in [2.05, 4.69) is 14.9 Å². The van der Waals surface area contributed by atoms with Crippen LogP contribution in [0.3, 0.4) is 0 Å². The van der Waals surface area contributed by atoms with Crippen molar-refractivity contribution in [3.8, 4) is 0 Å². The van der Waals surface area contributed by atoms with Crippen LogP contribution < -0.4 is 0 Å². The topological polar surface area (TPSA) is 52.1 Å². The molecule has 1 aromatic rings. The Labute approximate surface area is 90.3 Å². The van der Waals surface area contributed by atoms with E-state index in [1.165, 1.54) is 25.0 Å². The third-order valence-corrected chi connectivity index (χ3v) is 3.14. The van der Waals surface area contributed by atoms with Crippen LogP contribution in [0.5, 0.6) is 0 Å². The Morgan fingerprint density at radius 3 is 3.20 bits per heavy atom. The first kappa shape index (κ1) is 10.6. The molecule has 0 aliphatic carbocycles. The van der Waals surface area contributed by atoms with Crippen molar-refractivity contribution in [2.45, 2.75) is 38.3 Å². The molecule has 2 rings (SSSR count). The van der Waals surface area contributed by atoms with Crippen molar-refractivity contribution in [1.29, 1.82) is 0 Å². The third-order valence-electron chi connectivity index (χ3n) is 3.14. The number of imidazole rings is 1. The van der Waals surface area contributed by atoms with Crippen molar-refractivity contribution in [1.82, 2.24) is 14.9 Å². The summed E-state index contributed by atoms with van der Waals surface area (Å²) in [5.41, 5.74) is 1.17. The minimum absolute atomic E-state index is 0.296. The average Bonchev–Trinajstić information content (AvgIpc) is 2.74. The molecular weight excluding hydrogens is 190 g/mol. The lowest BCUT2D eigenvalue weighted by molar-refractivity contribution is 0.111. The molecular formula is C11H19N3O. The van der Waals surface area contributed by atoms with Crippen LogP contribution in [-0.4, -0.2) is 39.2 Å². The molecule has 1 aliphatic rings. The van der Waals surface area contributed by atoms with Gasteiger partial charge in [0.15, 0.2) is 0 Å². The molecule has 0 spiro atoms. The second-order valence-electron chi connectivity index (χ2n) is 4.21. The zero-order valence-electron chi connectivity index (χ0n) is 9.02. The highest BCUT2D eigenvalue weighted by Crippen LogP contribution is 2.20. The summed E-state index contributed by atoms with van der Waals surface area (Å²) in [6.07, 6.45) is 8.29. The van der Waals surface area contributed by atoms with Gasteiger partial charge in [-0.2, -0.15) is 0 Å². The van der Waals surface area contributed by atoms with Gasteiger partial charge in [-0.15, -0.1) is 0 Å². The number of hydrogen-bond donors (Lipinski definition) is 2. The molecule has 1 unspecified atom stereocenters. The van der Waals surface area contributed by atoms with Gasteiger partial charge in [0.05, 0.1) is 6.33 Å². The first-order chi connectivity index (χ1) is 7.40. The van der Waals surface area contributed by atoms with E-state index in [-0.39, 0.29) is 0 Å². The number of H-pyrrole nitrogens is 1. The number of likely N-dealkylation sites (tertiary alicyclic amines) is 1. The van der Waals surface area contributed by atoms with Gasteiger partial charge in [0.1, 0.15) is 0 Å². The molecule has 0 saturated carbocycles. The fourth-order valence-electron chi connectivity index (χ4n) is 2.33. The van der Waals surface area contributed by atoms with E-state index in [0.29, 0.717) is 12.6 Å². The summed E-state index contributed by atoms with van der Waals surface area (Å²) in [5.74, 6) is 0. The van der Waals surface area contributed by atoms with Crippen molar-refractivity contribution in [2.75, 3.05) is 13.2 Å². The monoisotopic (exact) mass is 209 g/mol. The summed E-state index contributed by atoms with van der Waals surface area (Å²) >= 11 is 0. The van der Waals surface area contributed by atoms with Crippen LogP contribution in [0.25, 0.3) is 0 Å². The maximum atomic E-state index is 9.02. The summed E-state index contributed by atoms with van der Waals surface area (Å²) in [7, 11) is 0. The van der Waals surface area contributed by atoms with Gasteiger partial charge in [-0.1, -0.05) is 6.42 Å². The van der Waals surface area contributed by atoms with Gasteiger partial charge in [0.25, 0.3) is 0 Å². The fourth-order valence-corrected chi connectivity index (χ4v) is 2.33. The Bertz CT molecular complexity index is 271. The molecule has 1 aromatic heterocycles. The number of aromatic amines is 1. The Balaban J connectivity index is 1.92. The number of aromatic nitrogens is 2. The molecule has 1 saturated heterocycles. The molecule has 1 fully saturated rings. The molecule has 0 aromatic carbocycles. The molecule has 4 heteroatoms. The van der Waals surface area contributed by atoms with Crippen molar-refractivity contribution >= 4 is 0 Å². The van der Waals surface area contributed by atoms with Gasteiger partial charge in [0.2, 0.25) is 0 Å². The Hall–Kier alpha value is -0.870. The SMILES string of the molecule is OCCC1CCCCN1Cc1cnc[nH]1. The van der Waals surface area contributed by atoms with E-state index in [1.54, 1.807) is 6.33 Å². The van der Waals surface area contributed by atoms with Gasteiger partial charge in [-0.3, -0.25) is 4.90 Å². The first-order valence-corrected chi connectivity index (χ1v) is 5.72. The van der Waals surface area contributed by atoms with Gasteiger partial charge >= 0.3 is 0 Å². The Kier molecular flexibility index (Phi) is 3.75. The van der Waals surface area contributed by atoms with Gasteiger partial charge in [-0.05, 0) is 25.8 Å². The number of aliphatic hydroxyl groups excluding tert-OH is 1. The van der Waals surface area contributed by atoms with Crippen LogP contribution in [0, 0.1) is 0 Å². The zero-order chi connectivity index (χ0) is 10.5. The lowest BCUT2D eigenvalue weighted by Crippen LogP contribution is -2.39. The summed E-state index contributed by atoms with van der Waals surface area (Å²) in [4.78, 5) is 9.61. The second kappa shape index (κ2) is 5.28. The number of hydrogen-bond acceptors (Lipinski definition) is 3.